The van der Waals surface area contributed by atoms with Crippen LogP contribution in [-0.4, -0.2) is 40.1 Å². The maximum absolute atomic E-state index is 13.0. The molecule has 0 unspecified atom stereocenters. The molecular formula is C17H18ClFN4O2. The summed E-state index contributed by atoms with van der Waals surface area (Å²) in [7, 11) is 0. The fraction of sp³-hybridized carbons (Fsp3) is 0.353. The maximum atomic E-state index is 13.0. The predicted molar refractivity (Wildman–Crippen MR) is 90.9 cm³/mol. The third-order valence-corrected chi connectivity index (χ3v) is 4.34. The Balaban J connectivity index is 1.45. The summed E-state index contributed by atoms with van der Waals surface area (Å²) in [5.74, 6) is -0.399. The average Bonchev–Trinajstić information content (AvgIpc) is 2.62. The Morgan fingerprint density at radius 1 is 1.32 bits per heavy atom. The Bertz CT molecular complexity index is 724. The molecule has 0 radical (unpaired) electrons. The lowest BCUT2D eigenvalue weighted by molar-refractivity contribution is 0.103. The van der Waals surface area contributed by atoms with Gasteiger partial charge in [-0.3, -0.25) is 0 Å². The van der Waals surface area contributed by atoms with Gasteiger partial charge in [-0.05, 0) is 23.8 Å². The molecule has 3 rings (SSSR count). The van der Waals surface area contributed by atoms with Crippen LogP contribution in [0.1, 0.15) is 18.4 Å². The molecule has 0 spiro atoms. The number of halogens is 2. The largest absolute Gasteiger partial charge is 0.460 e. The predicted octanol–water partition coefficient (Wildman–Crippen LogP) is 3.02. The van der Waals surface area contributed by atoms with Crippen LogP contribution in [0.3, 0.4) is 0 Å². The Labute approximate surface area is 150 Å². The zero-order chi connectivity index (χ0) is 17.6. The first-order valence-corrected chi connectivity index (χ1v) is 8.40. The Kier molecular flexibility index (Phi) is 5.65. The van der Waals surface area contributed by atoms with Crippen molar-refractivity contribution in [1.29, 1.82) is 0 Å². The first kappa shape index (κ1) is 17.4. The maximum Gasteiger partial charge on any atom is 0.317 e. The standard InChI is InChI=1S/C17H18ClFN4O2/c18-15-10-13(19)3-2-12(15)11-22-17(24)23-8-4-14(5-9-23)25-16-20-6-1-7-21-16/h1-3,6-7,10,14H,4-5,8-9,11H2,(H,22,24). The number of hydrogen-bond donors (Lipinski definition) is 1. The van der Waals surface area contributed by atoms with E-state index in [1.54, 1.807) is 29.4 Å². The van der Waals surface area contributed by atoms with Gasteiger partial charge in [0.25, 0.3) is 0 Å². The Morgan fingerprint density at radius 3 is 2.72 bits per heavy atom. The van der Waals surface area contributed by atoms with Crippen LogP contribution >= 0.6 is 11.6 Å². The summed E-state index contributed by atoms with van der Waals surface area (Å²) >= 11 is 5.96. The minimum Gasteiger partial charge on any atom is -0.460 e. The van der Waals surface area contributed by atoms with Crippen LogP contribution in [-0.2, 0) is 6.54 Å². The molecule has 1 aromatic carbocycles. The van der Waals surface area contributed by atoms with E-state index >= 15 is 0 Å². The topological polar surface area (TPSA) is 67.4 Å². The SMILES string of the molecule is O=C(NCc1ccc(F)cc1Cl)N1CCC(Oc2ncccn2)CC1. The molecule has 1 N–H and O–H groups in total. The molecule has 1 fully saturated rings. The van der Waals surface area contributed by atoms with Crippen molar-refractivity contribution in [3.05, 3.63) is 53.1 Å². The second kappa shape index (κ2) is 8.11. The molecule has 132 valence electrons. The van der Waals surface area contributed by atoms with E-state index in [9.17, 15) is 9.18 Å². The smallest absolute Gasteiger partial charge is 0.317 e. The summed E-state index contributed by atoms with van der Waals surface area (Å²) in [6, 6.07) is 6.04. The van der Waals surface area contributed by atoms with Gasteiger partial charge in [-0.1, -0.05) is 17.7 Å². The number of benzene rings is 1. The van der Waals surface area contributed by atoms with Gasteiger partial charge in [0, 0.05) is 49.9 Å². The number of amides is 2. The van der Waals surface area contributed by atoms with Crippen LogP contribution in [0.5, 0.6) is 6.01 Å². The van der Waals surface area contributed by atoms with Gasteiger partial charge in [0.05, 0.1) is 0 Å². The molecule has 0 aliphatic carbocycles. The molecule has 1 aliphatic rings. The van der Waals surface area contributed by atoms with Crippen molar-refractivity contribution in [2.24, 2.45) is 0 Å². The molecule has 6 nitrogen and oxygen atoms in total. The number of aromatic nitrogens is 2. The number of piperidine rings is 1. The molecule has 0 saturated carbocycles. The van der Waals surface area contributed by atoms with Crippen LogP contribution in [0.2, 0.25) is 5.02 Å². The van der Waals surface area contributed by atoms with Crippen molar-refractivity contribution in [1.82, 2.24) is 20.2 Å². The van der Waals surface area contributed by atoms with Crippen LogP contribution in [0.15, 0.2) is 36.7 Å². The van der Waals surface area contributed by atoms with E-state index in [1.807, 2.05) is 0 Å². The van der Waals surface area contributed by atoms with Gasteiger partial charge in [0.2, 0.25) is 0 Å². The molecular weight excluding hydrogens is 347 g/mol. The number of nitrogens with one attached hydrogen (secondary N) is 1. The minimum absolute atomic E-state index is 0.00186. The first-order valence-electron chi connectivity index (χ1n) is 8.02. The number of hydrogen-bond acceptors (Lipinski definition) is 4. The van der Waals surface area contributed by atoms with Gasteiger partial charge in [-0.15, -0.1) is 0 Å². The lowest BCUT2D eigenvalue weighted by Crippen LogP contribution is -2.46. The van der Waals surface area contributed by atoms with Crippen LogP contribution in [0, 0.1) is 5.82 Å². The van der Waals surface area contributed by atoms with Crippen LogP contribution in [0.4, 0.5) is 9.18 Å². The number of likely N-dealkylation sites (tertiary alicyclic amines) is 1. The highest BCUT2D eigenvalue weighted by Gasteiger charge is 2.24. The first-order chi connectivity index (χ1) is 12.1. The molecule has 0 bridgehead atoms. The number of carbonyl (C=O) groups excluding carboxylic acids is 1. The van der Waals surface area contributed by atoms with Crippen molar-refractivity contribution in [2.45, 2.75) is 25.5 Å². The Hall–Kier alpha value is -2.41. The van der Waals surface area contributed by atoms with Crippen molar-refractivity contribution >= 4 is 17.6 Å². The normalized spacial score (nSPS) is 15.0. The quantitative estimate of drug-likeness (QED) is 0.905. The zero-order valence-corrected chi connectivity index (χ0v) is 14.2. The summed E-state index contributed by atoms with van der Waals surface area (Å²) in [5, 5.41) is 3.11. The number of carbonyl (C=O) groups is 1. The number of nitrogens with zero attached hydrogens (tertiary/aromatic N) is 3. The lowest BCUT2D eigenvalue weighted by atomic mass is 10.1. The highest BCUT2D eigenvalue weighted by molar-refractivity contribution is 6.31. The Morgan fingerprint density at radius 2 is 2.04 bits per heavy atom. The van der Waals surface area contributed by atoms with Crippen LogP contribution < -0.4 is 10.1 Å². The van der Waals surface area contributed by atoms with E-state index in [0.29, 0.717) is 42.5 Å². The van der Waals surface area contributed by atoms with Gasteiger partial charge >= 0.3 is 12.0 Å². The van der Waals surface area contributed by atoms with Crippen molar-refractivity contribution in [2.75, 3.05) is 13.1 Å². The zero-order valence-electron chi connectivity index (χ0n) is 13.5. The monoisotopic (exact) mass is 364 g/mol. The third-order valence-electron chi connectivity index (χ3n) is 3.99. The summed E-state index contributed by atoms with van der Waals surface area (Å²) < 4.78 is 18.7. The molecule has 25 heavy (non-hydrogen) atoms. The van der Waals surface area contributed by atoms with Gasteiger partial charge in [-0.2, -0.15) is 0 Å². The summed E-state index contributed by atoms with van der Waals surface area (Å²) in [6.45, 7) is 1.42. The number of ether oxygens (including phenoxy) is 1. The van der Waals surface area contributed by atoms with E-state index in [1.165, 1.54) is 12.1 Å². The molecule has 2 aromatic rings. The van der Waals surface area contributed by atoms with E-state index in [4.69, 9.17) is 16.3 Å². The van der Waals surface area contributed by atoms with Gasteiger partial charge < -0.3 is 15.0 Å². The lowest BCUT2D eigenvalue weighted by Gasteiger charge is -2.31. The highest BCUT2D eigenvalue weighted by atomic mass is 35.5. The molecule has 1 saturated heterocycles. The van der Waals surface area contributed by atoms with E-state index in [2.05, 4.69) is 15.3 Å². The summed E-state index contributed by atoms with van der Waals surface area (Å²) in [6.07, 6.45) is 4.68. The second-order valence-electron chi connectivity index (χ2n) is 5.73. The molecule has 1 aromatic heterocycles. The molecule has 2 heterocycles. The molecule has 8 heteroatoms. The summed E-state index contributed by atoms with van der Waals surface area (Å²) in [4.78, 5) is 22.1. The van der Waals surface area contributed by atoms with Crippen molar-refractivity contribution in [3.63, 3.8) is 0 Å². The molecule has 0 atom stereocenters. The molecule has 2 amide bonds. The summed E-state index contributed by atoms with van der Waals surface area (Å²) in [5.41, 5.74) is 0.677. The fourth-order valence-electron chi connectivity index (χ4n) is 2.62. The van der Waals surface area contributed by atoms with Gasteiger partial charge in [0.15, 0.2) is 0 Å². The third kappa shape index (κ3) is 4.79. The van der Waals surface area contributed by atoms with Crippen molar-refractivity contribution < 1.29 is 13.9 Å². The van der Waals surface area contributed by atoms with E-state index in [-0.39, 0.29) is 18.7 Å². The van der Waals surface area contributed by atoms with Gasteiger partial charge in [-0.25, -0.2) is 19.2 Å². The number of rotatable bonds is 4. The van der Waals surface area contributed by atoms with E-state index in [0.717, 1.165) is 0 Å². The number of urea groups is 1. The van der Waals surface area contributed by atoms with Gasteiger partial charge in [0.1, 0.15) is 11.9 Å². The average molecular weight is 365 g/mol. The van der Waals surface area contributed by atoms with Crippen molar-refractivity contribution in [3.8, 4) is 6.01 Å². The van der Waals surface area contributed by atoms with E-state index < -0.39 is 5.82 Å². The fourth-order valence-corrected chi connectivity index (χ4v) is 2.85. The highest BCUT2D eigenvalue weighted by Crippen LogP contribution is 2.18. The van der Waals surface area contributed by atoms with Crippen LogP contribution in [0.25, 0.3) is 0 Å². The molecule has 1 aliphatic heterocycles. The second-order valence-corrected chi connectivity index (χ2v) is 6.14. The minimum atomic E-state index is -0.399.